The Kier molecular flexibility index (Phi) is 4.71. The highest BCUT2D eigenvalue weighted by Crippen LogP contribution is 2.19. The maximum absolute atomic E-state index is 11.4. The van der Waals surface area contributed by atoms with Gasteiger partial charge in [0.25, 0.3) is 5.19 Å². The molecule has 7 nitrogen and oxygen atoms in total. The lowest BCUT2D eigenvalue weighted by molar-refractivity contribution is 0.181. The van der Waals surface area contributed by atoms with Crippen LogP contribution in [0.3, 0.4) is 0 Å². The molecule has 0 aromatic carbocycles. The highest BCUT2D eigenvalue weighted by molar-refractivity contribution is 7.88. The van der Waals surface area contributed by atoms with Crippen LogP contribution in [0.4, 0.5) is 0 Å². The summed E-state index contributed by atoms with van der Waals surface area (Å²) in [6, 6.07) is 0. The van der Waals surface area contributed by atoms with Gasteiger partial charge in [0, 0.05) is 26.2 Å². The van der Waals surface area contributed by atoms with E-state index in [1.54, 1.807) is 0 Å². The highest BCUT2D eigenvalue weighted by atomic mass is 32.2. The number of sulfonamides is 1. The molecule has 0 radical (unpaired) electrons. The lowest BCUT2D eigenvalue weighted by Crippen LogP contribution is -2.47. The fourth-order valence-electron chi connectivity index (χ4n) is 1.89. The van der Waals surface area contributed by atoms with Gasteiger partial charge < -0.3 is 4.74 Å². The average Bonchev–Trinajstić information content (AvgIpc) is 2.77. The summed E-state index contributed by atoms with van der Waals surface area (Å²) in [7, 11) is -3.06. The Labute approximate surface area is 117 Å². The molecule has 0 N–H and O–H groups in total. The summed E-state index contributed by atoms with van der Waals surface area (Å²) in [4.78, 5) is 2.18. The summed E-state index contributed by atoms with van der Waals surface area (Å²) < 4.78 is 29.6. The number of aromatic nitrogens is 2. The van der Waals surface area contributed by atoms with Crippen molar-refractivity contribution in [3.05, 3.63) is 5.01 Å². The summed E-state index contributed by atoms with van der Waals surface area (Å²) in [5.41, 5.74) is 0. The van der Waals surface area contributed by atoms with E-state index in [0.29, 0.717) is 31.4 Å². The predicted octanol–water partition coefficient (Wildman–Crippen LogP) is 0.0140. The zero-order chi connectivity index (χ0) is 13.9. The standard InChI is InChI=1S/C10H18N4O3S2/c1-3-17-10-12-11-9(18-10)8-13-4-6-14(7-5-13)19(2,15)16/h3-8H2,1-2H3. The third-order valence-corrected chi connectivity index (χ3v) is 5.00. The minimum atomic E-state index is -3.06. The molecule has 1 fully saturated rings. The van der Waals surface area contributed by atoms with Gasteiger partial charge in [-0.05, 0) is 6.92 Å². The zero-order valence-electron chi connectivity index (χ0n) is 11.1. The predicted molar refractivity (Wildman–Crippen MR) is 72.8 cm³/mol. The summed E-state index contributed by atoms with van der Waals surface area (Å²) in [6.45, 7) is 5.70. The van der Waals surface area contributed by atoms with Crippen LogP contribution in [0.25, 0.3) is 0 Å². The van der Waals surface area contributed by atoms with Crippen LogP contribution in [0.1, 0.15) is 11.9 Å². The average molecular weight is 306 g/mol. The second-order valence-electron chi connectivity index (χ2n) is 4.33. The normalized spacial score (nSPS) is 18.6. The minimum absolute atomic E-state index is 0.538. The second kappa shape index (κ2) is 6.12. The Bertz CT molecular complexity index is 509. The first-order valence-corrected chi connectivity index (χ1v) is 8.78. The maximum Gasteiger partial charge on any atom is 0.294 e. The first-order valence-electron chi connectivity index (χ1n) is 6.11. The van der Waals surface area contributed by atoms with Crippen molar-refractivity contribution in [2.45, 2.75) is 13.5 Å². The Morgan fingerprint density at radius 2 is 1.95 bits per heavy atom. The molecule has 0 aliphatic carbocycles. The van der Waals surface area contributed by atoms with Crippen LogP contribution >= 0.6 is 11.3 Å². The van der Waals surface area contributed by atoms with E-state index in [4.69, 9.17) is 4.74 Å². The number of rotatable bonds is 5. The van der Waals surface area contributed by atoms with Gasteiger partial charge in [-0.15, -0.1) is 10.2 Å². The molecule has 0 unspecified atom stereocenters. The number of ether oxygens (including phenoxy) is 1. The van der Waals surface area contributed by atoms with E-state index in [1.165, 1.54) is 21.9 Å². The summed E-state index contributed by atoms with van der Waals surface area (Å²) in [5.74, 6) is 0. The van der Waals surface area contributed by atoms with Gasteiger partial charge >= 0.3 is 0 Å². The van der Waals surface area contributed by atoms with Crippen molar-refractivity contribution in [1.82, 2.24) is 19.4 Å². The molecule has 9 heteroatoms. The van der Waals surface area contributed by atoms with Crippen molar-refractivity contribution in [2.24, 2.45) is 0 Å². The number of hydrogen-bond donors (Lipinski definition) is 0. The Hall–Kier alpha value is -0.770. The third-order valence-electron chi connectivity index (χ3n) is 2.88. The lowest BCUT2D eigenvalue weighted by atomic mass is 10.3. The van der Waals surface area contributed by atoms with E-state index in [1.807, 2.05) is 6.92 Å². The lowest BCUT2D eigenvalue weighted by Gasteiger charge is -2.32. The van der Waals surface area contributed by atoms with Gasteiger partial charge in [-0.25, -0.2) is 8.42 Å². The van der Waals surface area contributed by atoms with Gasteiger partial charge in [0.1, 0.15) is 5.01 Å². The molecular weight excluding hydrogens is 288 g/mol. The van der Waals surface area contributed by atoms with E-state index in [2.05, 4.69) is 15.1 Å². The van der Waals surface area contributed by atoms with Gasteiger partial charge in [-0.3, -0.25) is 4.90 Å². The van der Waals surface area contributed by atoms with Gasteiger partial charge in [0.15, 0.2) is 0 Å². The first-order chi connectivity index (χ1) is 8.99. The van der Waals surface area contributed by atoms with Crippen LogP contribution in [-0.2, 0) is 16.6 Å². The van der Waals surface area contributed by atoms with Crippen LogP contribution in [-0.4, -0.2) is 66.9 Å². The maximum atomic E-state index is 11.4. The molecule has 0 saturated carbocycles. The Morgan fingerprint density at radius 1 is 1.26 bits per heavy atom. The highest BCUT2D eigenvalue weighted by Gasteiger charge is 2.23. The first kappa shape index (κ1) is 14.6. The van der Waals surface area contributed by atoms with Crippen molar-refractivity contribution in [1.29, 1.82) is 0 Å². The van der Waals surface area contributed by atoms with Crippen molar-refractivity contribution < 1.29 is 13.2 Å². The van der Waals surface area contributed by atoms with Crippen molar-refractivity contribution in [2.75, 3.05) is 39.0 Å². The SMILES string of the molecule is CCOc1nnc(CN2CCN(S(C)(=O)=O)CC2)s1. The van der Waals surface area contributed by atoms with Crippen molar-refractivity contribution >= 4 is 21.4 Å². The fourth-order valence-corrected chi connectivity index (χ4v) is 3.51. The zero-order valence-corrected chi connectivity index (χ0v) is 12.7. The third kappa shape index (κ3) is 4.10. The molecule has 19 heavy (non-hydrogen) atoms. The van der Waals surface area contributed by atoms with Crippen LogP contribution in [0.2, 0.25) is 0 Å². The fraction of sp³-hybridized carbons (Fsp3) is 0.800. The topological polar surface area (TPSA) is 75.6 Å². The second-order valence-corrected chi connectivity index (χ2v) is 7.34. The molecule has 1 aliphatic rings. The van der Waals surface area contributed by atoms with Crippen LogP contribution in [0, 0.1) is 0 Å². The number of nitrogens with zero attached hydrogens (tertiary/aromatic N) is 4. The van der Waals surface area contributed by atoms with Gasteiger partial charge in [0.2, 0.25) is 10.0 Å². The number of hydrogen-bond acceptors (Lipinski definition) is 7. The van der Waals surface area contributed by atoms with Crippen molar-refractivity contribution in [3.63, 3.8) is 0 Å². The monoisotopic (exact) mass is 306 g/mol. The largest absolute Gasteiger partial charge is 0.469 e. The van der Waals surface area contributed by atoms with Gasteiger partial charge in [-0.2, -0.15) is 4.31 Å². The molecule has 1 aromatic rings. The Balaban J connectivity index is 1.85. The van der Waals surface area contributed by atoms with Gasteiger partial charge in [-0.1, -0.05) is 11.3 Å². The molecule has 1 saturated heterocycles. The molecule has 2 rings (SSSR count). The quantitative estimate of drug-likeness (QED) is 0.763. The van der Waals surface area contributed by atoms with E-state index in [9.17, 15) is 8.42 Å². The van der Waals surface area contributed by atoms with E-state index in [0.717, 1.165) is 18.1 Å². The van der Waals surface area contributed by atoms with E-state index in [-0.39, 0.29) is 0 Å². The molecule has 0 bridgehead atoms. The molecule has 0 amide bonds. The van der Waals surface area contributed by atoms with Gasteiger partial charge in [0.05, 0.1) is 19.4 Å². The summed E-state index contributed by atoms with van der Waals surface area (Å²) in [5, 5.41) is 9.50. The molecule has 1 aromatic heterocycles. The molecule has 108 valence electrons. The Morgan fingerprint density at radius 3 is 2.53 bits per heavy atom. The molecule has 2 heterocycles. The number of piperazine rings is 1. The van der Waals surface area contributed by atoms with Crippen LogP contribution < -0.4 is 4.74 Å². The van der Waals surface area contributed by atoms with Crippen LogP contribution in [0.5, 0.6) is 5.19 Å². The summed E-state index contributed by atoms with van der Waals surface area (Å²) in [6.07, 6.45) is 1.25. The van der Waals surface area contributed by atoms with E-state index >= 15 is 0 Å². The van der Waals surface area contributed by atoms with E-state index < -0.39 is 10.0 Å². The molecule has 0 atom stereocenters. The van der Waals surface area contributed by atoms with Crippen molar-refractivity contribution in [3.8, 4) is 5.19 Å². The molecular formula is C10H18N4O3S2. The molecule has 1 aliphatic heterocycles. The molecule has 0 spiro atoms. The smallest absolute Gasteiger partial charge is 0.294 e. The summed E-state index contributed by atoms with van der Waals surface area (Å²) >= 11 is 1.44. The minimum Gasteiger partial charge on any atom is -0.469 e. The van der Waals surface area contributed by atoms with Crippen LogP contribution in [0.15, 0.2) is 0 Å².